The van der Waals surface area contributed by atoms with E-state index in [1.807, 2.05) is 47.9 Å². The minimum Gasteiger partial charge on any atom is -0.390 e. The van der Waals surface area contributed by atoms with Crippen LogP contribution in [0.5, 0.6) is 0 Å². The summed E-state index contributed by atoms with van der Waals surface area (Å²) in [7, 11) is 3.77. The fourth-order valence-corrected chi connectivity index (χ4v) is 2.22. The average molecular weight is 290 g/mol. The third kappa shape index (κ3) is 4.54. The molecule has 0 aliphatic carbocycles. The predicted molar refractivity (Wildman–Crippen MR) is 81.9 cm³/mol. The van der Waals surface area contributed by atoms with Crippen molar-refractivity contribution in [3.8, 4) is 0 Å². The number of para-hydroxylation sites is 1. The predicted octanol–water partition coefficient (Wildman–Crippen LogP) is 0.465. The summed E-state index contributed by atoms with van der Waals surface area (Å²) < 4.78 is 1.82. The minimum atomic E-state index is -0.547. The summed E-state index contributed by atoms with van der Waals surface area (Å²) in [4.78, 5) is 13.7. The van der Waals surface area contributed by atoms with Crippen molar-refractivity contribution in [2.75, 3.05) is 27.2 Å². The van der Waals surface area contributed by atoms with Gasteiger partial charge >= 0.3 is 0 Å². The van der Waals surface area contributed by atoms with Crippen molar-refractivity contribution in [3.63, 3.8) is 0 Å². The van der Waals surface area contributed by atoms with Crippen LogP contribution in [0, 0.1) is 0 Å². The molecule has 0 saturated heterocycles. The maximum atomic E-state index is 11.8. The van der Waals surface area contributed by atoms with Crippen LogP contribution in [-0.4, -0.2) is 59.0 Å². The molecular weight excluding hydrogens is 268 g/mol. The number of aliphatic hydroxyl groups is 1. The van der Waals surface area contributed by atoms with Gasteiger partial charge in [-0.15, -0.1) is 0 Å². The Morgan fingerprint density at radius 3 is 2.95 bits per heavy atom. The van der Waals surface area contributed by atoms with Crippen LogP contribution in [0.2, 0.25) is 0 Å². The van der Waals surface area contributed by atoms with E-state index in [-0.39, 0.29) is 12.5 Å². The Morgan fingerprint density at radius 1 is 1.43 bits per heavy atom. The van der Waals surface area contributed by atoms with E-state index in [9.17, 15) is 9.90 Å². The van der Waals surface area contributed by atoms with E-state index in [0.29, 0.717) is 19.5 Å². The van der Waals surface area contributed by atoms with Gasteiger partial charge in [-0.25, -0.2) is 0 Å². The van der Waals surface area contributed by atoms with Crippen LogP contribution in [0.4, 0.5) is 0 Å². The van der Waals surface area contributed by atoms with Crippen LogP contribution in [0.1, 0.15) is 6.42 Å². The molecule has 0 aliphatic rings. The summed E-state index contributed by atoms with van der Waals surface area (Å²) in [5.41, 5.74) is 1.03. The SMILES string of the molecule is CN(C)CC(O)CNC(=O)CCn1ncc2ccccc21. The number of rotatable bonds is 7. The number of amides is 1. The van der Waals surface area contributed by atoms with Gasteiger partial charge in [-0.2, -0.15) is 5.10 Å². The standard InChI is InChI=1S/C15H22N4O2/c1-18(2)11-13(20)10-16-15(21)7-8-19-14-6-4-3-5-12(14)9-17-19/h3-6,9,13,20H,7-8,10-11H2,1-2H3,(H,16,21). The van der Waals surface area contributed by atoms with Crippen molar-refractivity contribution in [2.24, 2.45) is 0 Å². The van der Waals surface area contributed by atoms with Crippen molar-refractivity contribution >= 4 is 16.8 Å². The van der Waals surface area contributed by atoms with Crippen LogP contribution in [0.15, 0.2) is 30.5 Å². The van der Waals surface area contributed by atoms with Crippen LogP contribution >= 0.6 is 0 Å². The summed E-state index contributed by atoms with van der Waals surface area (Å²) in [6.07, 6.45) is 1.60. The number of hydrogen-bond acceptors (Lipinski definition) is 4. The Morgan fingerprint density at radius 2 is 2.19 bits per heavy atom. The fraction of sp³-hybridized carbons (Fsp3) is 0.467. The van der Waals surface area contributed by atoms with Gasteiger partial charge < -0.3 is 15.3 Å². The largest absolute Gasteiger partial charge is 0.390 e. The highest BCUT2D eigenvalue weighted by molar-refractivity contribution is 5.79. The summed E-state index contributed by atoms with van der Waals surface area (Å²) in [6.45, 7) is 1.34. The van der Waals surface area contributed by atoms with Gasteiger partial charge in [0.15, 0.2) is 0 Å². The van der Waals surface area contributed by atoms with Crippen LogP contribution in [-0.2, 0) is 11.3 Å². The highest BCUT2D eigenvalue weighted by Gasteiger charge is 2.09. The molecule has 1 atom stereocenters. The third-order valence-corrected chi connectivity index (χ3v) is 3.21. The van der Waals surface area contributed by atoms with Gasteiger partial charge in [-0.05, 0) is 20.2 Å². The molecule has 2 aromatic rings. The molecule has 1 aromatic heterocycles. The number of nitrogens with zero attached hydrogens (tertiary/aromatic N) is 3. The first kappa shape index (κ1) is 15.5. The Bertz CT molecular complexity index is 594. The molecule has 1 unspecified atom stereocenters. The number of aromatic nitrogens is 2. The molecular formula is C15H22N4O2. The van der Waals surface area contributed by atoms with Gasteiger partial charge in [0.25, 0.3) is 0 Å². The molecule has 1 heterocycles. The number of benzene rings is 1. The molecule has 6 nitrogen and oxygen atoms in total. The van der Waals surface area contributed by atoms with Crippen molar-refractivity contribution < 1.29 is 9.90 Å². The topological polar surface area (TPSA) is 70.4 Å². The Balaban J connectivity index is 1.79. The lowest BCUT2D eigenvalue weighted by Gasteiger charge is -2.16. The summed E-state index contributed by atoms with van der Waals surface area (Å²) >= 11 is 0. The number of hydrogen-bond donors (Lipinski definition) is 2. The van der Waals surface area contributed by atoms with Crippen molar-refractivity contribution in [3.05, 3.63) is 30.5 Å². The zero-order chi connectivity index (χ0) is 15.2. The van der Waals surface area contributed by atoms with Gasteiger partial charge in [0.2, 0.25) is 5.91 Å². The first-order valence-corrected chi connectivity index (χ1v) is 7.06. The zero-order valence-corrected chi connectivity index (χ0v) is 12.5. The molecule has 0 saturated carbocycles. The smallest absolute Gasteiger partial charge is 0.221 e. The minimum absolute atomic E-state index is 0.0765. The van der Waals surface area contributed by atoms with E-state index in [1.165, 1.54) is 0 Å². The molecule has 1 aromatic carbocycles. The Hall–Kier alpha value is -1.92. The number of aliphatic hydroxyl groups excluding tert-OH is 1. The molecule has 2 rings (SSSR count). The van der Waals surface area contributed by atoms with E-state index in [0.717, 1.165) is 10.9 Å². The average Bonchev–Trinajstić information content (AvgIpc) is 2.85. The molecule has 114 valence electrons. The monoisotopic (exact) mass is 290 g/mol. The molecule has 6 heteroatoms. The molecule has 0 aliphatic heterocycles. The molecule has 0 spiro atoms. The third-order valence-electron chi connectivity index (χ3n) is 3.21. The maximum Gasteiger partial charge on any atom is 0.221 e. The number of likely N-dealkylation sites (N-methyl/N-ethyl adjacent to an activating group) is 1. The van der Waals surface area contributed by atoms with E-state index in [1.54, 1.807) is 6.20 Å². The van der Waals surface area contributed by atoms with Gasteiger partial charge in [-0.1, -0.05) is 18.2 Å². The van der Waals surface area contributed by atoms with Crippen LogP contribution < -0.4 is 5.32 Å². The lowest BCUT2D eigenvalue weighted by Crippen LogP contribution is -2.37. The van der Waals surface area contributed by atoms with E-state index < -0.39 is 6.10 Å². The fourth-order valence-electron chi connectivity index (χ4n) is 2.22. The Kier molecular flexibility index (Phi) is 5.30. The van der Waals surface area contributed by atoms with Gasteiger partial charge in [0.1, 0.15) is 0 Å². The lowest BCUT2D eigenvalue weighted by atomic mass is 10.2. The zero-order valence-electron chi connectivity index (χ0n) is 12.5. The molecule has 0 radical (unpaired) electrons. The number of aryl methyl sites for hydroxylation is 1. The number of fused-ring (bicyclic) bond motifs is 1. The first-order valence-electron chi connectivity index (χ1n) is 7.06. The van der Waals surface area contributed by atoms with Crippen LogP contribution in [0.25, 0.3) is 10.9 Å². The molecule has 2 N–H and O–H groups in total. The number of nitrogens with one attached hydrogen (secondary N) is 1. The second-order valence-electron chi connectivity index (χ2n) is 5.40. The molecule has 0 fully saturated rings. The van der Waals surface area contributed by atoms with E-state index in [4.69, 9.17) is 0 Å². The second-order valence-corrected chi connectivity index (χ2v) is 5.40. The van der Waals surface area contributed by atoms with Gasteiger partial charge in [-0.3, -0.25) is 9.48 Å². The van der Waals surface area contributed by atoms with E-state index in [2.05, 4.69) is 10.4 Å². The second kappa shape index (κ2) is 7.19. The highest BCUT2D eigenvalue weighted by Crippen LogP contribution is 2.12. The number of carbonyl (C=O) groups excluding carboxylic acids is 1. The number of carbonyl (C=O) groups is 1. The van der Waals surface area contributed by atoms with Crippen molar-refractivity contribution in [1.82, 2.24) is 20.0 Å². The van der Waals surface area contributed by atoms with E-state index >= 15 is 0 Å². The highest BCUT2D eigenvalue weighted by atomic mass is 16.3. The van der Waals surface area contributed by atoms with Crippen LogP contribution in [0.3, 0.4) is 0 Å². The Labute approximate surface area is 124 Å². The summed E-state index contributed by atoms with van der Waals surface area (Å²) in [6, 6.07) is 7.91. The summed E-state index contributed by atoms with van der Waals surface area (Å²) in [5.74, 6) is -0.0765. The normalized spacial score (nSPS) is 12.8. The summed E-state index contributed by atoms with van der Waals surface area (Å²) in [5, 5.41) is 17.8. The van der Waals surface area contributed by atoms with Gasteiger partial charge in [0.05, 0.1) is 24.4 Å². The van der Waals surface area contributed by atoms with Crippen molar-refractivity contribution in [1.29, 1.82) is 0 Å². The first-order chi connectivity index (χ1) is 10.1. The van der Waals surface area contributed by atoms with Gasteiger partial charge in [0, 0.05) is 24.9 Å². The quantitative estimate of drug-likeness (QED) is 0.777. The lowest BCUT2D eigenvalue weighted by molar-refractivity contribution is -0.121. The molecule has 0 bridgehead atoms. The maximum absolute atomic E-state index is 11.8. The molecule has 1 amide bonds. The van der Waals surface area contributed by atoms with Crippen molar-refractivity contribution in [2.45, 2.75) is 19.1 Å². The molecule has 21 heavy (non-hydrogen) atoms.